The molecular formula is C17H21NO. The Morgan fingerprint density at radius 1 is 0.947 bits per heavy atom. The molecule has 19 heavy (non-hydrogen) atoms. The van der Waals surface area contributed by atoms with Crippen LogP contribution in [-0.4, -0.2) is 5.11 Å². The van der Waals surface area contributed by atoms with Gasteiger partial charge in [0.1, 0.15) is 0 Å². The Morgan fingerprint density at radius 3 is 2.21 bits per heavy atom. The van der Waals surface area contributed by atoms with Gasteiger partial charge in [-0.1, -0.05) is 45.0 Å². The quantitative estimate of drug-likeness (QED) is 0.860. The van der Waals surface area contributed by atoms with Crippen molar-refractivity contribution in [2.24, 2.45) is 0 Å². The molecule has 2 N–H and O–H groups in total. The van der Waals surface area contributed by atoms with E-state index in [2.05, 4.69) is 50.4 Å². The molecule has 2 aromatic carbocycles. The van der Waals surface area contributed by atoms with E-state index in [1.54, 1.807) is 0 Å². The molecule has 0 saturated heterocycles. The summed E-state index contributed by atoms with van der Waals surface area (Å²) in [6, 6.07) is 16.3. The summed E-state index contributed by atoms with van der Waals surface area (Å²) in [5.74, 6) is 0. The topological polar surface area (TPSA) is 32.3 Å². The SMILES string of the molecule is CC(C)(C)c1ccc(Nc2cccc(CO)c2)cc1. The molecule has 0 atom stereocenters. The lowest BCUT2D eigenvalue weighted by atomic mass is 9.87. The van der Waals surface area contributed by atoms with E-state index in [9.17, 15) is 0 Å². The van der Waals surface area contributed by atoms with E-state index >= 15 is 0 Å². The molecule has 2 heteroatoms. The zero-order chi connectivity index (χ0) is 13.9. The van der Waals surface area contributed by atoms with Gasteiger partial charge in [0, 0.05) is 11.4 Å². The molecule has 100 valence electrons. The second-order valence-electron chi connectivity index (χ2n) is 5.81. The van der Waals surface area contributed by atoms with Crippen LogP contribution < -0.4 is 5.32 Å². The van der Waals surface area contributed by atoms with Crippen molar-refractivity contribution in [3.05, 3.63) is 59.7 Å². The van der Waals surface area contributed by atoms with Crippen molar-refractivity contribution in [2.75, 3.05) is 5.32 Å². The molecule has 0 aromatic heterocycles. The van der Waals surface area contributed by atoms with E-state index in [0.717, 1.165) is 16.9 Å². The number of benzene rings is 2. The fourth-order valence-corrected chi connectivity index (χ4v) is 1.97. The minimum absolute atomic E-state index is 0.0679. The number of nitrogens with one attached hydrogen (secondary N) is 1. The Bertz CT molecular complexity index is 538. The molecule has 0 spiro atoms. The summed E-state index contributed by atoms with van der Waals surface area (Å²) in [4.78, 5) is 0. The van der Waals surface area contributed by atoms with Crippen LogP contribution in [0.1, 0.15) is 31.9 Å². The van der Waals surface area contributed by atoms with Gasteiger partial charge in [0.05, 0.1) is 6.61 Å². The van der Waals surface area contributed by atoms with E-state index in [1.807, 2.05) is 24.3 Å². The van der Waals surface area contributed by atoms with Gasteiger partial charge in [-0.2, -0.15) is 0 Å². The second-order valence-corrected chi connectivity index (χ2v) is 5.81. The first kappa shape index (κ1) is 13.6. The van der Waals surface area contributed by atoms with Crippen molar-refractivity contribution in [3.63, 3.8) is 0 Å². The third-order valence-electron chi connectivity index (χ3n) is 3.15. The molecule has 0 amide bonds. The van der Waals surface area contributed by atoms with Gasteiger partial charge in [-0.05, 0) is 40.8 Å². The fraction of sp³-hybridized carbons (Fsp3) is 0.294. The normalized spacial score (nSPS) is 11.4. The minimum atomic E-state index is 0.0679. The van der Waals surface area contributed by atoms with Crippen molar-refractivity contribution >= 4 is 11.4 Å². The highest BCUT2D eigenvalue weighted by Gasteiger charge is 2.12. The fourth-order valence-electron chi connectivity index (χ4n) is 1.97. The molecule has 0 aliphatic carbocycles. The maximum atomic E-state index is 9.13. The van der Waals surface area contributed by atoms with E-state index in [1.165, 1.54) is 5.56 Å². The summed E-state index contributed by atoms with van der Waals surface area (Å²) in [6.45, 7) is 6.69. The number of anilines is 2. The first-order chi connectivity index (χ1) is 8.99. The molecule has 2 aromatic rings. The summed E-state index contributed by atoms with van der Waals surface area (Å²) >= 11 is 0. The Kier molecular flexibility index (Phi) is 3.91. The number of rotatable bonds is 3. The number of hydrogen-bond acceptors (Lipinski definition) is 2. The molecule has 0 heterocycles. The van der Waals surface area contributed by atoms with Crippen LogP contribution in [0.4, 0.5) is 11.4 Å². The van der Waals surface area contributed by atoms with Crippen LogP contribution >= 0.6 is 0 Å². The van der Waals surface area contributed by atoms with Gasteiger partial charge < -0.3 is 10.4 Å². The van der Waals surface area contributed by atoms with Crippen molar-refractivity contribution in [2.45, 2.75) is 32.8 Å². The zero-order valence-electron chi connectivity index (χ0n) is 11.8. The van der Waals surface area contributed by atoms with Crippen LogP contribution in [0.5, 0.6) is 0 Å². The van der Waals surface area contributed by atoms with Crippen molar-refractivity contribution < 1.29 is 5.11 Å². The lowest BCUT2D eigenvalue weighted by molar-refractivity contribution is 0.282. The summed E-state index contributed by atoms with van der Waals surface area (Å²) in [6.07, 6.45) is 0. The molecule has 0 aliphatic heterocycles. The van der Waals surface area contributed by atoms with Gasteiger partial charge in [0.25, 0.3) is 0 Å². The predicted molar refractivity (Wildman–Crippen MR) is 80.8 cm³/mol. The van der Waals surface area contributed by atoms with E-state index in [-0.39, 0.29) is 12.0 Å². The molecule has 2 rings (SSSR count). The van der Waals surface area contributed by atoms with Gasteiger partial charge in [0.2, 0.25) is 0 Å². The molecule has 0 aliphatic rings. The summed E-state index contributed by atoms with van der Waals surface area (Å²) in [5, 5.41) is 12.5. The highest BCUT2D eigenvalue weighted by Crippen LogP contribution is 2.25. The lowest BCUT2D eigenvalue weighted by Crippen LogP contribution is -2.10. The average Bonchev–Trinajstić information content (AvgIpc) is 2.38. The molecular weight excluding hydrogens is 234 g/mol. The van der Waals surface area contributed by atoms with Gasteiger partial charge in [0.15, 0.2) is 0 Å². The van der Waals surface area contributed by atoms with Gasteiger partial charge in [-0.3, -0.25) is 0 Å². The Hall–Kier alpha value is -1.80. The smallest absolute Gasteiger partial charge is 0.0682 e. The second kappa shape index (κ2) is 5.45. The minimum Gasteiger partial charge on any atom is -0.392 e. The molecule has 0 bridgehead atoms. The monoisotopic (exact) mass is 255 g/mol. The lowest BCUT2D eigenvalue weighted by Gasteiger charge is -2.19. The Morgan fingerprint density at radius 2 is 1.63 bits per heavy atom. The Balaban J connectivity index is 2.15. The van der Waals surface area contributed by atoms with Gasteiger partial charge in [-0.15, -0.1) is 0 Å². The summed E-state index contributed by atoms with van der Waals surface area (Å²) in [5.41, 5.74) is 4.46. The standard InChI is InChI=1S/C17H21NO/c1-17(2,3)14-7-9-15(10-8-14)18-16-6-4-5-13(11-16)12-19/h4-11,18-19H,12H2,1-3H3. The van der Waals surface area contributed by atoms with E-state index < -0.39 is 0 Å². The Labute approximate surface area is 115 Å². The van der Waals surface area contributed by atoms with Crippen LogP contribution in [0.3, 0.4) is 0 Å². The van der Waals surface area contributed by atoms with Gasteiger partial charge >= 0.3 is 0 Å². The zero-order valence-corrected chi connectivity index (χ0v) is 11.8. The van der Waals surface area contributed by atoms with Crippen LogP contribution in [-0.2, 0) is 12.0 Å². The van der Waals surface area contributed by atoms with Crippen LogP contribution in [0.15, 0.2) is 48.5 Å². The maximum absolute atomic E-state index is 9.13. The van der Waals surface area contributed by atoms with E-state index in [0.29, 0.717) is 0 Å². The molecule has 2 nitrogen and oxygen atoms in total. The average molecular weight is 255 g/mol. The maximum Gasteiger partial charge on any atom is 0.0682 e. The molecule has 0 saturated carbocycles. The number of aliphatic hydroxyl groups excluding tert-OH is 1. The van der Waals surface area contributed by atoms with Crippen molar-refractivity contribution in [1.82, 2.24) is 0 Å². The van der Waals surface area contributed by atoms with Gasteiger partial charge in [-0.25, -0.2) is 0 Å². The molecule has 0 unspecified atom stereocenters. The molecule has 0 fully saturated rings. The summed E-state index contributed by atoms with van der Waals surface area (Å²) in [7, 11) is 0. The first-order valence-corrected chi connectivity index (χ1v) is 6.56. The molecule has 0 radical (unpaired) electrons. The largest absolute Gasteiger partial charge is 0.392 e. The highest BCUT2D eigenvalue weighted by molar-refractivity contribution is 5.60. The van der Waals surface area contributed by atoms with Crippen LogP contribution in [0, 0.1) is 0 Å². The third-order valence-corrected chi connectivity index (χ3v) is 3.15. The van der Waals surface area contributed by atoms with Crippen molar-refractivity contribution in [3.8, 4) is 0 Å². The van der Waals surface area contributed by atoms with Crippen molar-refractivity contribution in [1.29, 1.82) is 0 Å². The highest BCUT2D eigenvalue weighted by atomic mass is 16.3. The van der Waals surface area contributed by atoms with Crippen LogP contribution in [0.2, 0.25) is 0 Å². The number of hydrogen-bond donors (Lipinski definition) is 2. The van der Waals surface area contributed by atoms with E-state index in [4.69, 9.17) is 5.11 Å². The third kappa shape index (κ3) is 3.58. The van der Waals surface area contributed by atoms with Crippen LogP contribution in [0.25, 0.3) is 0 Å². The first-order valence-electron chi connectivity index (χ1n) is 6.56. The predicted octanol–water partition coefficient (Wildman–Crippen LogP) is 4.22. The number of aliphatic hydroxyl groups is 1. The summed E-state index contributed by atoms with van der Waals surface area (Å²) < 4.78 is 0.